The molecule has 0 radical (unpaired) electrons. The first-order valence-corrected chi connectivity index (χ1v) is 6.88. The average Bonchev–Trinajstić information content (AvgIpc) is 3.02. The second-order valence-electron chi connectivity index (χ2n) is 5.26. The summed E-state index contributed by atoms with van der Waals surface area (Å²) >= 11 is 0. The number of imidazole rings is 1. The summed E-state index contributed by atoms with van der Waals surface area (Å²) in [6, 6.07) is 0. The lowest BCUT2D eigenvalue weighted by Gasteiger charge is -2.40. The van der Waals surface area contributed by atoms with Gasteiger partial charge in [0.05, 0.1) is 12.0 Å². The number of piperidine rings is 1. The third-order valence-corrected chi connectivity index (χ3v) is 4.14. The van der Waals surface area contributed by atoms with Crippen molar-refractivity contribution in [3.8, 4) is 0 Å². The number of aryl methyl sites for hydroxylation is 1. The van der Waals surface area contributed by atoms with E-state index in [9.17, 15) is 9.90 Å². The lowest BCUT2D eigenvalue weighted by atomic mass is 9.87. The maximum atomic E-state index is 11.8. The van der Waals surface area contributed by atoms with Gasteiger partial charge in [-0.1, -0.05) is 0 Å². The number of aliphatic carboxylic acids is 1. The van der Waals surface area contributed by atoms with Gasteiger partial charge in [-0.15, -0.1) is 0 Å². The number of hydrogen-bond acceptors (Lipinski definition) is 5. The molecule has 0 saturated carbocycles. The summed E-state index contributed by atoms with van der Waals surface area (Å²) in [6.07, 6.45) is 9.26. The zero-order chi connectivity index (χ0) is 14.9. The molecule has 0 aliphatic carbocycles. The number of hydrogen-bond donors (Lipinski definition) is 1. The highest BCUT2D eigenvalue weighted by Crippen LogP contribution is 2.32. The van der Waals surface area contributed by atoms with E-state index in [-0.39, 0.29) is 0 Å². The number of carbonyl (C=O) groups is 1. The third-order valence-electron chi connectivity index (χ3n) is 4.14. The number of anilines is 1. The Morgan fingerprint density at radius 3 is 2.52 bits per heavy atom. The fraction of sp³-hybridized carbons (Fsp3) is 0.429. The fourth-order valence-electron chi connectivity index (χ4n) is 2.89. The highest BCUT2D eigenvalue weighted by molar-refractivity contribution is 5.77. The molecule has 0 spiro atoms. The molecule has 3 rings (SSSR count). The molecular weight excluding hydrogens is 270 g/mol. The van der Waals surface area contributed by atoms with Crippen LogP contribution in [0.25, 0.3) is 0 Å². The van der Waals surface area contributed by atoms with Crippen molar-refractivity contribution in [3.63, 3.8) is 0 Å². The van der Waals surface area contributed by atoms with E-state index in [1.807, 2.05) is 6.92 Å². The van der Waals surface area contributed by atoms with E-state index in [4.69, 9.17) is 0 Å². The number of carboxylic acids is 1. The number of rotatable bonds is 3. The zero-order valence-corrected chi connectivity index (χ0v) is 11.8. The first-order valence-electron chi connectivity index (χ1n) is 6.88. The molecule has 1 aliphatic rings. The minimum Gasteiger partial charge on any atom is -0.479 e. The first kappa shape index (κ1) is 13.5. The molecule has 2 aromatic heterocycles. The summed E-state index contributed by atoms with van der Waals surface area (Å²) in [5.41, 5.74) is -0.0497. The van der Waals surface area contributed by atoms with E-state index in [1.165, 1.54) is 0 Å². The van der Waals surface area contributed by atoms with Gasteiger partial charge in [-0.2, -0.15) is 0 Å². The average molecular weight is 287 g/mol. The smallest absolute Gasteiger partial charge is 0.330 e. The van der Waals surface area contributed by atoms with Gasteiger partial charge in [-0.25, -0.2) is 14.8 Å². The van der Waals surface area contributed by atoms with Crippen LogP contribution in [0.2, 0.25) is 0 Å². The topological polar surface area (TPSA) is 84.1 Å². The molecule has 1 N–H and O–H groups in total. The SMILES string of the molecule is Cc1nccnc1N1CCC(C(=O)O)(n2ccnc2)CC1. The van der Waals surface area contributed by atoms with Gasteiger partial charge < -0.3 is 14.6 Å². The van der Waals surface area contributed by atoms with E-state index < -0.39 is 11.5 Å². The molecule has 3 heterocycles. The van der Waals surface area contributed by atoms with E-state index in [1.54, 1.807) is 35.7 Å². The van der Waals surface area contributed by atoms with Crippen LogP contribution in [0, 0.1) is 6.92 Å². The predicted octanol–water partition coefficient (Wildman–Crippen LogP) is 1.06. The summed E-state index contributed by atoms with van der Waals surface area (Å²) in [7, 11) is 0. The second-order valence-corrected chi connectivity index (χ2v) is 5.26. The quantitative estimate of drug-likeness (QED) is 0.908. The van der Waals surface area contributed by atoms with Gasteiger partial charge in [0.25, 0.3) is 0 Å². The van der Waals surface area contributed by atoms with Crippen molar-refractivity contribution in [2.75, 3.05) is 18.0 Å². The molecule has 1 fully saturated rings. The van der Waals surface area contributed by atoms with Gasteiger partial charge in [0.15, 0.2) is 0 Å². The Morgan fingerprint density at radius 1 is 1.24 bits per heavy atom. The Morgan fingerprint density at radius 2 is 1.95 bits per heavy atom. The van der Waals surface area contributed by atoms with Crippen LogP contribution < -0.4 is 4.90 Å². The van der Waals surface area contributed by atoms with Gasteiger partial charge in [-0.05, 0) is 19.8 Å². The summed E-state index contributed by atoms with van der Waals surface area (Å²) in [4.78, 5) is 26.5. The largest absolute Gasteiger partial charge is 0.479 e. The molecule has 0 aromatic carbocycles. The van der Waals surface area contributed by atoms with Crippen molar-refractivity contribution in [1.82, 2.24) is 19.5 Å². The first-order chi connectivity index (χ1) is 10.1. The lowest BCUT2D eigenvalue weighted by Crippen LogP contribution is -2.51. The van der Waals surface area contributed by atoms with Crippen molar-refractivity contribution < 1.29 is 9.90 Å². The van der Waals surface area contributed by atoms with Crippen molar-refractivity contribution in [2.45, 2.75) is 25.3 Å². The van der Waals surface area contributed by atoms with Crippen molar-refractivity contribution >= 4 is 11.8 Å². The van der Waals surface area contributed by atoms with Crippen LogP contribution in [0.1, 0.15) is 18.5 Å². The van der Waals surface area contributed by atoms with Gasteiger partial charge in [0, 0.05) is 37.9 Å². The summed E-state index contributed by atoms with van der Waals surface area (Å²) in [6.45, 7) is 3.17. The molecular formula is C14H17N5O2. The van der Waals surface area contributed by atoms with Gasteiger partial charge in [0.1, 0.15) is 11.4 Å². The highest BCUT2D eigenvalue weighted by atomic mass is 16.4. The van der Waals surface area contributed by atoms with Gasteiger partial charge in [-0.3, -0.25) is 4.98 Å². The Balaban J connectivity index is 1.83. The molecule has 110 valence electrons. The van der Waals surface area contributed by atoms with E-state index in [0.29, 0.717) is 25.9 Å². The van der Waals surface area contributed by atoms with Crippen LogP contribution >= 0.6 is 0 Å². The van der Waals surface area contributed by atoms with Crippen molar-refractivity contribution in [1.29, 1.82) is 0 Å². The fourth-order valence-corrected chi connectivity index (χ4v) is 2.89. The maximum Gasteiger partial charge on any atom is 0.330 e. The van der Waals surface area contributed by atoms with Crippen molar-refractivity contribution in [2.24, 2.45) is 0 Å². The second kappa shape index (κ2) is 5.16. The Bertz CT molecular complexity index is 633. The minimum atomic E-state index is -0.914. The normalized spacial score (nSPS) is 17.7. The third kappa shape index (κ3) is 2.24. The van der Waals surface area contributed by atoms with Crippen LogP contribution in [0.15, 0.2) is 31.1 Å². The Kier molecular flexibility index (Phi) is 3.32. The number of nitrogens with zero attached hydrogens (tertiary/aromatic N) is 5. The molecule has 7 heteroatoms. The molecule has 7 nitrogen and oxygen atoms in total. The predicted molar refractivity (Wildman–Crippen MR) is 76.1 cm³/mol. The monoisotopic (exact) mass is 287 g/mol. The van der Waals surface area contributed by atoms with E-state index in [2.05, 4.69) is 19.9 Å². The minimum absolute atomic E-state index is 0.509. The van der Waals surface area contributed by atoms with Crippen molar-refractivity contribution in [3.05, 3.63) is 36.8 Å². The molecule has 1 saturated heterocycles. The van der Waals surface area contributed by atoms with Gasteiger partial charge in [0.2, 0.25) is 0 Å². The highest BCUT2D eigenvalue weighted by Gasteiger charge is 2.43. The van der Waals surface area contributed by atoms with Gasteiger partial charge >= 0.3 is 5.97 Å². The summed E-state index contributed by atoms with van der Waals surface area (Å²) in [5, 5.41) is 9.68. The van der Waals surface area contributed by atoms with Crippen LogP contribution in [-0.2, 0) is 10.3 Å². The maximum absolute atomic E-state index is 11.8. The lowest BCUT2D eigenvalue weighted by molar-refractivity contribution is -0.148. The van der Waals surface area contributed by atoms with E-state index in [0.717, 1.165) is 11.5 Å². The zero-order valence-electron chi connectivity index (χ0n) is 11.8. The molecule has 0 amide bonds. The summed E-state index contributed by atoms with van der Waals surface area (Å²) < 4.78 is 1.70. The molecule has 0 bridgehead atoms. The van der Waals surface area contributed by atoms with Crippen LogP contribution in [-0.4, -0.2) is 43.7 Å². The van der Waals surface area contributed by atoms with Crippen LogP contribution in [0.4, 0.5) is 5.82 Å². The molecule has 0 atom stereocenters. The molecule has 21 heavy (non-hydrogen) atoms. The van der Waals surface area contributed by atoms with Crippen LogP contribution in [0.3, 0.4) is 0 Å². The standard InChI is InChI=1S/C14H17N5O2/c1-11-12(17-5-4-16-11)18-7-2-14(3-8-18,13(20)21)19-9-6-15-10-19/h4-6,9-10H,2-3,7-8H2,1H3,(H,20,21). The molecule has 2 aromatic rings. The molecule has 1 aliphatic heterocycles. The Hall–Kier alpha value is -2.44. The van der Waals surface area contributed by atoms with E-state index >= 15 is 0 Å². The summed E-state index contributed by atoms with van der Waals surface area (Å²) in [5.74, 6) is 0.0261. The molecule has 0 unspecified atom stereocenters. The van der Waals surface area contributed by atoms with Crippen LogP contribution in [0.5, 0.6) is 0 Å². The number of carboxylic acid groups (broad SMARTS) is 1. The number of aromatic nitrogens is 4. The Labute approximate surface area is 122 Å².